The number of aromatic nitrogens is 2. The predicted molar refractivity (Wildman–Crippen MR) is 96.3 cm³/mol. The van der Waals surface area contributed by atoms with Crippen molar-refractivity contribution in [1.29, 1.82) is 0 Å². The SMILES string of the molecule is Cc1ccc(CNC(=O)[C@@H]2CCCN(c3nc4ccccc4[nH]3)C2)o1. The third kappa shape index (κ3) is 3.38. The number of rotatable bonds is 4. The molecule has 6 heteroatoms. The summed E-state index contributed by atoms with van der Waals surface area (Å²) >= 11 is 0. The van der Waals surface area contributed by atoms with Crippen molar-refractivity contribution in [3.63, 3.8) is 0 Å². The van der Waals surface area contributed by atoms with Crippen molar-refractivity contribution in [2.75, 3.05) is 18.0 Å². The maximum absolute atomic E-state index is 12.5. The van der Waals surface area contributed by atoms with E-state index in [9.17, 15) is 4.79 Å². The van der Waals surface area contributed by atoms with E-state index >= 15 is 0 Å². The number of nitrogens with zero attached hydrogens (tertiary/aromatic N) is 2. The lowest BCUT2D eigenvalue weighted by molar-refractivity contribution is -0.125. The quantitative estimate of drug-likeness (QED) is 0.767. The second kappa shape index (κ2) is 6.63. The molecule has 1 amide bonds. The first-order valence-electron chi connectivity index (χ1n) is 8.72. The van der Waals surface area contributed by atoms with E-state index in [0.717, 1.165) is 47.9 Å². The van der Waals surface area contributed by atoms with E-state index < -0.39 is 0 Å². The molecule has 2 N–H and O–H groups in total. The number of hydrogen-bond donors (Lipinski definition) is 2. The van der Waals surface area contributed by atoms with Gasteiger partial charge in [0.25, 0.3) is 0 Å². The predicted octanol–water partition coefficient (Wildman–Crippen LogP) is 3.00. The molecule has 1 atom stereocenters. The standard InChI is InChI=1S/C19H22N4O2/c1-13-8-9-15(25-13)11-20-18(24)14-5-4-10-23(12-14)19-21-16-6-2-3-7-17(16)22-19/h2-3,6-9,14H,4-5,10-12H2,1H3,(H,20,24)(H,21,22)/t14-/m1/s1. The summed E-state index contributed by atoms with van der Waals surface area (Å²) in [6.45, 7) is 3.94. The first kappa shape index (κ1) is 15.7. The Labute approximate surface area is 146 Å². The molecule has 6 nitrogen and oxygen atoms in total. The van der Waals surface area contributed by atoms with Crippen LogP contribution in [-0.2, 0) is 11.3 Å². The van der Waals surface area contributed by atoms with Gasteiger partial charge in [0, 0.05) is 13.1 Å². The topological polar surface area (TPSA) is 74.2 Å². The van der Waals surface area contributed by atoms with Crippen molar-refractivity contribution < 1.29 is 9.21 Å². The number of anilines is 1. The molecule has 0 radical (unpaired) electrons. The third-order valence-electron chi connectivity index (χ3n) is 4.70. The van der Waals surface area contributed by atoms with Gasteiger partial charge in [0.1, 0.15) is 11.5 Å². The van der Waals surface area contributed by atoms with E-state index in [1.165, 1.54) is 0 Å². The lowest BCUT2D eigenvalue weighted by Crippen LogP contribution is -2.43. The van der Waals surface area contributed by atoms with E-state index in [4.69, 9.17) is 4.42 Å². The van der Waals surface area contributed by atoms with E-state index in [1.807, 2.05) is 43.3 Å². The number of imidazole rings is 1. The number of para-hydroxylation sites is 2. The van der Waals surface area contributed by atoms with Gasteiger partial charge in [-0.1, -0.05) is 12.1 Å². The van der Waals surface area contributed by atoms with Crippen LogP contribution in [0.2, 0.25) is 0 Å². The average molecular weight is 338 g/mol. The van der Waals surface area contributed by atoms with Crippen molar-refractivity contribution in [2.24, 2.45) is 5.92 Å². The van der Waals surface area contributed by atoms with Crippen LogP contribution in [0.1, 0.15) is 24.4 Å². The number of nitrogens with one attached hydrogen (secondary N) is 2. The maximum Gasteiger partial charge on any atom is 0.225 e. The van der Waals surface area contributed by atoms with Gasteiger partial charge in [-0.3, -0.25) is 4.79 Å². The number of H-pyrrole nitrogens is 1. The molecular formula is C19H22N4O2. The monoisotopic (exact) mass is 338 g/mol. The maximum atomic E-state index is 12.5. The van der Waals surface area contributed by atoms with Crippen LogP contribution in [0.4, 0.5) is 5.95 Å². The minimum atomic E-state index is -0.0296. The number of furan rings is 1. The first-order chi connectivity index (χ1) is 12.2. The van der Waals surface area contributed by atoms with Gasteiger partial charge in [-0.25, -0.2) is 4.98 Å². The van der Waals surface area contributed by atoms with Crippen LogP contribution in [0, 0.1) is 12.8 Å². The molecule has 1 aromatic carbocycles. The van der Waals surface area contributed by atoms with Crippen molar-refractivity contribution in [2.45, 2.75) is 26.3 Å². The minimum absolute atomic E-state index is 0.0296. The van der Waals surface area contributed by atoms with E-state index in [-0.39, 0.29) is 11.8 Å². The highest BCUT2D eigenvalue weighted by Crippen LogP contribution is 2.23. The fourth-order valence-corrected chi connectivity index (χ4v) is 3.37. The van der Waals surface area contributed by atoms with Gasteiger partial charge in [-0.05, 0) is 44.0 Å². The van der Waals surface area contributed by atoms with Crippen LogP contribution in [0.25, 0.3) is 11.0 Å². The summed E-state index contributed by atoms with van der Waals surface area (Å²) in [5.74, 6) is 2.54. The molecule has 0 unspecified atom stereocenters. The molecule has 25 heavy (non-hydrogen) atoms. The molecule has 1 fully saturated rings. The highest BCUT2D eigenvalue weighted by atomic mass is 16.3. The smallest absolute Gasteiger partial charge is 0.225 e. The molecule has 4 rings (SSSR count). The number of carbonyl (C=O) groups is 1. The van der Waals surface area contributed by atoms with E-state index in [1.54, 1.807) is 0 Å². The van der Waals surface area contributed by atoms with Gasteiger partial charge in [0.2, 0.25) is 11.9 Å². The minimum Gasteiger partial charge on any atom is -0.465 e. The van der Waals surface area contributed by atoms with Gasteiger partial charge in [-0.15, -0.1) is 0 Å². The average Bonchev–Trinajstić information content (AvgIpc) is 3.25. The van der Waals surface area contributed by atoms with Crippen molar-refractivity contribution in [1.82, 2.24) is 15.3 Å². The van der Waals surface area contributed by atoms with E-state index in [0.29, 0.717) is 13.1 Å². The Morgan fingerprint density at radius 3 is 3.04 bits per heavy atom. The summed E-state index contributed by atoms with van der Waals surface area (Å²) in [6, 6.07) is 11.8. The second-order valence-electron chi connectivity index (χ2n) is 6.59. The molecule has 130 valence electrons. The van der Waals surface area contributed by atoms with Gasteiger partial charge in [0.15, 0.2) is 0 Å². The summed E-state index contributed by atoms with van der Waals surface area (Å²) in [5.41, 5.74) is 1.98. The fourth-order valence-electron chi connectivity index (χ4n) is 3.37. The molecule has 1 saturated heterocycles. The van der Waals surface area contributed by atoms with Crippen LogP contribution in [0.3, 0.4) is 0 Å². The number of carbonyl (C=O) groups excluding carboxylic acids is 1. The van der Waals surface area contributed by atoms with Crippen molar-refractivity contribution >= 4 is 22.9 Å². The molecule has 2 aromatic heterocycles. The highest BCUT2D eigenvalue weighted by molar-refractivity contribution is 5.80. The zero-order valence-electron chi connectivity index (χ0n) is 14.3. The summed E-state index contributed by atoms with van der Waals surface area (Å²) < 4.78 is 5.51. The Bertz CT molecular complexity index is 849. The number of piperidine rings is 1. The third-order valence-corrected chi connectivity index (χ3v) is 4.70. The molecule has 0 spiro atoms. The van der Waals surface area contributed by atoms with Gasteiger partial charge >= 0.3 is 0 Å². The Morgan fingerprint density at radius 1 is 1.36 bits per heavy atom. The number of fused-ring (bicyclic) bond motifs is 1. The van der Waals surface area contributed by atoms with Crippen LogP contribution in [0.5, 0.6) is 0 Å². The fraction of sp³-hybridized carbons (Fsp3) is 0.368. The van der Waals surface area contributed by atoms with Crippen LogP contribution < -0.4 is 10.2 Å². The zero-order valence-corrected chi connectivity index (χ0v) is 14.3. The molecule has 1 aliphatic rings. The van der Waals surface area contributed by atoms with Crippen LogP contribution in [-0.4, -0.2) is 29.0 Å². The van der Waals surface area contributed by atoms with E-state index in [2.05, 4.69) is 20.2 Å². The number of hydrogen-bond acceptors (Lipinski definition) is 4. The number of benzene rings is 1. The zero-order chi connectivity index (χ0) is 17.2. The first-order valence-corrected chi connectivity index (χ1v) is 8.72. The largest absolute Gasteiger partial charge is 0.465 e. The summed E-state index contributed by atoms with van der Waals surface area (Å²) in [5, 5.41) is 2.99. The lowest BCUT2D eigenvalue weighted by Gasteiger charge is -2.31. The summed E-state index contributed by atoms with van der Waals surface area (Å²) in [4.78, 5) is 22.7. The van der Waals surface area contributed by atoms with Crippen LogP contribution in [0.15, 0.2) is 40.8 Å². The highest BCUT2D eigenvalue weighted by Gasteiger charge is 2.27. The Kier molecular flexibility index (Phi) is 4.17. The molecule has 3 aromatic rings. The molecule has 1 aliphatic heterocycles. The normalized spacial score (nSPS) is 17.8. The Balaban J connectivity index is 1.40. The molecule has 0 aliphatic carbocycles. The Morgan fingerprint density at radius 2 is 2.24 bits per heavy atom. The summed E-state index contributed by atoms with van der Waals surface area (Å²) in [6.07, 6.45) is 1.88. The molecule has 0 bridgehead atoms. The lowest BCUT2D eigenvalue weighted by atomic mass is 9.97. The molecule has 3 heterocycles. The van der Waals surface area contributed by atoms with Gasteiger partial charge in [0.05, 0.1) is 23.5 Å². The Hall–Kier alpha value is -2.76. The van der Waals surface area contributed by atoms with Crippen LogP contribution >= 0.6 is 0 Å². The molecular weight excluding hydrogens is 316 g/mol. The van der Waals surface area contributed by atoms with Crippen molar-refractivity contribution in [3.05, 3.63) is 47.9 Å². The van der Waals surface area contributed by atoms with Crippen molar-refractivity contribution in [3.8, 4) is 0 Å². The second-order valence-corrected chi connectivity index (χ2v) is 6.59. The molecule has 0 saturated carbocycles. The summed E-state index contributed by atoms with van der Waals surface area (Å²) in [7, 11) is 0. The van der Waals surface area contributed by atoms with Gasteiger partial charge in [-0.2, -0.15) is 0 Å². The number of aromatic amines is 1. The number of aryl methyl sites for hydroxylation is 1. The number of amides is 1. The van der Waals surface area contributed by atoms with Gasteiger partial charge < -0.3 is 19.6 Å².